The zero-order valence-electron chi connectivity index (χ0n) is 12.4. The Hall–Kier alpha value is -0.310. The van der Waals surface area contributed by atoms with Gasteiger partial charge in [0.25, 0.3) is 0 Å². The molecule has 106 valence electrons. The summed E-state index contributed by atoms with van der Waals surface area (Å²) in [7, 11) is 0. The predicted octanol–water partition coefficient (Wildman–Crippen LogP) is 3.95. The van der Waals surface area contributed by atoms with E-state index in [4.69, 9.17) is 12.2 Å². The molecule has 0 atom stereocenters. The lowest BCUT2D eigenvalue weighted by Crippen LogP contribution is -2.46. The molecule has 0 radical (unpaired) electrons. The van der Waals surface area contributed by atoms with Crippen LogP contribution in [-0.2, 0) is 0 Å². The van der Waals surface area contributed by atoms with Gasteiger partial charge in [-0.2, -0.15) is 0 Å². The van der Waals surface area contributed by atoms with Gasteiger partial charge in [-0.25, -0.2) is 0 Å². The number of unbranched alkanes of at least 4 members (excludes halogenated alkanes) is 1. The van der Waals surface area contributed by atoms with Crippen molar-refractivity contribution >= 4 is 17.3 Å². The number of thiocarbonyl (C=S) groups is 1. The van der Waals surface area contributed by atoms with Crippen molar-refractivity contribution in [1.82, 2.24) is 10.2 Å². The summed E-state index contributed by atoms with van der Waals surface area (Å²) < 4.78 is 0. The quantitative estimate of drug-likeness (QED) is 0.557. The van der Waals surface area contributed by atoms with Crippen molar-refractivity contribution in [3.05, 3.63) is 0 Å². The van der Waals surface area contributed by atoms with Gasteiger partial charge in [0.2, 0.25) is 0 Å². The van der Waals surface area contributed by atoms with Gasteiger partial charge in [-0.3, -0.25) is 0 Å². The van der Waals surface area contributed by atoms with Crippen molar-refractivity contribution in [3.63, 3.8) is 0 Å². The highest BCUT2D eigenvalue weighted by atomic mass is 32.1. The molecule has 1 N–H and O–H groups in total. The van der Waals surface area contributed by atoms with Crippen LogP contribution in [0.25, 0.3) is 0 Å². The van der Waals surface area contributed by atoms with Crippen molar-refractivity contribution in [2.24, 2.45) is 5.92 Å². The van der Waals surface area contributed by atoms with E-state index in [2.05, 4.69) is 31.0 Å². The Morgan fingerprint density at radius 2 is 2.00 bits per heavy atom. The minimum Gasteiger partial charge on any atom is -0.363 e. The molecule has 0 spiro atoms. The third-order valence-corrected chi connectivity index (χ3v) is 4.16. The van der Waals surface area contributed by atoms with Gasteiger partial charge in [0.05, 0.1) is 0 Å². The Morgan fingerprint density at radius 3 is 2.56 bits per heavy atom. The summed E-state index contributed by atoms with van der Waals surface area (Å²) in [6.45, 7) is 8.96. The van der Waals surface area contributed by atoms with Gasteiger partial charge < -0.3 is 10.2 Å². The molecule has 0 aromatic heterocycles. The van der Waals surface area contributed by atoms with Gasteiger partial charge in [0.15, 0.2) is 5.11 Å². The first-order chi connectivity index (χ1) is 8.65. The van der Waals surface area contributed by atoms with E-state index in [0.717, 1.165) is 24.1 Å². The van der Waals surface area contributed by atoms with E-state index in [1.807, 2.05) is 0 Å². The zero-order chi connectivity index (χ0) is 13.4. The van der Waals surface area contributed by atoms with Crippen molar-refractivity contribution < 1.29 is 0 Å². The van der Waals surface area contributed by atoms with Gasteiger partial charge in [-0.1, -0.05) is 40.0 Å². The Bertz CT molecular complexity index is 235. The summed E-state index contributed by atoms with van der Waals surface area (Å²) in [4.78, 5) is 2.47. The van der Waals surface area contributed by atoms with Gasteiger partial charge in [-0.05, 0) is 43.8 Å². The van der Waals surface area contributed by atoms with Gasteiger partial charge in [0, 0.05) is 19.1 Å². The fraction of sp³-hybridized carbons (Fsp3) is 0.933. The Morgan fingerprint density at radius 1 is 1.33 bits per heavy atom. The first-order valence-corrected chi connectivity index (χ1v) is 8.10. The molecule has 3 heteroatoms. The van der Waals surface area contributed by atoms with Crippen LogP contribution in [0.3, 0.4) is 0 Å². The maximum Gasteiger partial charge on any atom is 0.169 e. The molecule has 1 fully saturated rings. The topological polar surface area (TPSA) is 15.3 Å². The first-order valence-electron chi connectivity index (χ1n) is 7.69. The van der Waals surface area contributed by atoms with E-state index in [0.29, 0.717) is 6.04 Å². The van der Waals surface area contributed by atoms with E-state index >= 15 is 0 Å². The Kier molecular flexibility index (Phi) is 7.64. The van der Waals surface area contributed by atoms with Crippen molar-refractivity contribution in [1.29, 1.82) is 0 Å². The van der Waals surface area contributed by atoms with Gasteiger partial charge in [-0.15, -0.1) is 0 Å². The van der Waals surface area contributed by atoms with Crippen LogP contribution in [0, 0.1) is 5.92 Å². The monoisotopic (exact) mass is 270 g/mol. The largest absolute Gasteiger partial charge is 0.363 e. The van der Waals surface area contributed by atoms with Crippen LogP contribution in [0.15, 0.2) is 0 Å². The SMILES string of the molecule is CCCCNC(=S)N(CCC(C)C)C1CCCC1. The molecule has 0 bridgehead atoms. The summed E-state index contributed by atoms with van der Waals surface area (Å²) in [5.41, 5.74) is 0. The third-order valence-electron chi connectivity index (χ3n) is 3.78. The number of nitrogens with one attached hydrogen (secondary N) is 1. The second-order valence-electron chi connectivity index (χ2n) is 5.90. The molecule has 0 aromatic carbocycles. The molecule has 1 aliphatic carbocycles. The van der Waals surface area contributed by atoms with Crippen molar-refractivity contribution in [3.8, 4) is 0 Å². The molecule has 0 saturated heterocycles. The van der Waals surface area contributed by atoms with Crippen LogP contribution in [0.1, 0.15) is 65.7 Å². The summed E-state index contributed by atoms with van der Waals surface area (Å²) >= 11 is 5.59. The summed E-state index contributed by atoms with van der Waals surface area (Å²) in [5.74, 6) is 0.757. The van der Waals surface area contributed by atoms with Gasteiger partial charge >= 0.3 is 0 Å². The minimum absolute atomic E-state index is 0.699. The highest BCUT2D eigenvalue weighted by Crippen LogP contribution is 2.24. The lowest BCUT2D eigenvalue weighted by molar-refractivity contribution is 0.292. The lowest BCUT2D eigenvalue weighted by atomic mass is 10.1. The fourth-order valence-electron chi connectivity index (χ4n) is 2.54. The second-order valence-corrected chi connectivity index (χ2v) is 6.29. The smallest absolute Gasteiger partial charge is 0.169 e. The number of hydrogen-bond acceptors (Lipinski definition) is 1. The highest BCUT2D eigenvalue weighted by Gasteiger charge is 2.24. The molecule has 0 amide bonds. The number of hydrogen-bond donors (Lipinski definition) is 1. The van der Waals surface area contributed by atoms with Crippen LogP contribution in [0.5, 0.6) is 0 Å². The second kappa shape index (κ2) is 8.73. The summed E-state index contributed by atoms with van der Waals surface area (Å²) in [5, 5.41) is 4.44. The van der Waals surface area contributed by atoms with E-state index < -0.39 is 0 Å². The standard InChI is InChI=1S/C15H30N2S/c1-4-5-11-16-15(18)17(12-10-13(2)3)14-8-6-7-9-14/h13-14H,4-12H2,1-3H3,(H,16,18). The number of nitrogens with zero attached hydrogens (tertiary/aromatic N) is 1. The minimum atomic E-state index is 0.699. The fourth-order valence-corrected chi connectivity index (χ4v) is 2.88. The molecule has 2 nitrogen and oxygen atoms in total. The maximum atomic E-state index is 5.59. The highest BCUT2D eigenvalue weighted by molar-refractivity contribution is 7.80. The van der Waals surface area contributed by atoms with Crippen LogP contribution in [0.4, 0.5) is 0 Å². The Balaban J connectivity index is 2.44. The molecule has 0 unspecified atom stereocenters. The molecule has 1 aliphatic rings. The molecule has 0 heterocycles. The van der Waals surface area contributed by atoms with E-state index in [9.17, 15) is 0 Å². The van der Waals surface area contributed by atoms with Crippen LogP contribution in [0.2, 0.25) is 0 Å². The Labute approximate surface area is 119 Å². The first kappa shape index (κ1) is 15.7. The van der Waals surface area contributed by atoms with Crippen molar-refractivity contribution in [2.45, 2.75) is 71.8 Å². The molecule has 0 aromatic rings. The average molecular weight is 270 g/mol. The third kappa shape index (κ3) is 5.55. The van der Waals surface area contributed by atoms with Gasteiger partial charge in [0.1, 0.15) is 0 Å². The van der Waals surface area contributed by atoms with Crippen LogP contribution >= 0.6 is 12.2 Å². The van der Waals surface area contributed by atoms with E-state index in [-0.39, 0.29) is 0 Å². The average Bonchev–Trinajstić information content (AvgIpc) is 2.83. The maximum absolute atomic E-state index is 5.59. The van der Waals surface area contributed by atoms with Crippen LogP contribution in [-0.4, -0.2) is 29.1 Å². The number of rotatable bonds is 7. The molecule has 0 aliphatic heterocycles. The van der Waals surface area contributed by atoms with Crippen molar-refractivity contribution in [2.75, 3.05) is 13.1 Å². The van der Waals surface area contributed by atoms with E-state index in [1.165, 1.54) is 44.9 Å². The molecule has 18 heavy (non-hydrogen) atoms. The van der Waals surface area contributed by atoms with Crippen LogP contribution < -0.4 is 5.32 Å². The molecule has 1 rings (SSSR count). The predicted molar refractivity (Wildman–Crippen MR) is 83.9 cm³/mol. The summed E-state index contributed by atoms with van der Waals surface area (Å²) in [6, 6.07) is 0.699. The van der Waals surface area contributed by atoms with E-state index in [1.54, 1.807) is 0 Å². The zero-order valence-corrected chi connectivity index (χ0v) is 13.2. The normalized spacial score (nSPS) is 16.2. The summed E-state index contributed by atoms with van der Waals surface area (Å²) in [6.07, 6.45) is 9.09. The molecule has 1 saturated carbocycles. The lowest BCUT2D eigenvalue weighted by Gasteiger charge is -2.32. The molecular formula is C15H30N2S. The molecular weight excluding hydrogens is 240 g/mol.